The zero-order valence-electron chi connectivity index (χ0n) is 14.6. The van der Waals surface area contributed by atoms with E-state index < -0.39 is 10.1 Å². The molecule has 0 radical (unpaired) electrons. The van der Waals surface area contributed by atoms with Gasteiger partial charge in [0, 0.05) is 7.11 Å². The molecule has 0 aromatic carbocycles. The van der Waals surface area contributed by atoms with Crippen molar-refractivity contribution in [3.8, 4) is 0 Å². The van der Waals surface area contributed by atoms with E-state index in [4.69, 9.17) is 28.4 Å². The van der Waals surface area contributed by atoms with Crippen LogP contribution in [0, 0.1) is 0 Å². The van der Waals surface area contributed by atoms with Gasteiger partial charge in [0.05, 0.1) is 85.5 Å². The van der Waals surface area contributed by atoms with Gasteiger partial charge in [-0.3, -0.25) is 4.18 Å². The summed E-state index contributed by atoms with van der Waals surface area (Å²) in [5, 5.41) is 0. The van der Waals surface area contributed by atoms with Gasteiger partial charge in [0.1, 0.15) is 0 Å². The Kier molecular flexibility index (Phi) is 17.3. The van der Waals surface area contributed by atoms with Crippen LogP contribution in [0.5, 0.6) is 0 Å². The van der Waals surface area contributed by atoms with Crippen LogP contribution in [-0.4, -0.2) is 101 Å². The van der Waals surface area contributed by atoms with Gasteiger partial charge in [-0.25, -0.2) is 0 Å². The van der Waals surface area contributed by atoms with Crippen LogP contribution in [0.2, 0.25) is 0 Å². The molecule has 0 amide bonds. The Balaban J connectivity index is 3.03. The van der Waals surface area contributed by atoms with Crippen LogP contribution in [0.4, 0.5) is 0 Å². The summed E-state index contributed by atoms with van der Waals surface area (Å²) in [6.45, 7) is 5.19. The molecule has 0 atom stereocenters. The summed E-state index contributed by atoms with van der Waals surface area (Å²) in [5.74, 6) is 0. The highest BCUT2D eigenvalue weighted by atomic mass is 32.2. The third-order valence-corrected chi connectivity index (χ3v) is 3.04. The fourth-order valence-corrected chi connectivity index (χ4v) is 1.74. The molecule has 146 valence electrons. The monoisotopic (exact) mass is 374 g/mol. The fourth-order valence-electron chi connectivity index (χ4n) is 1.37. The Morgan fingerprint density at radius 1 is 0.542 bits per heavy atom. The van der Waals surface area contributed by atoms with Crippen LogP contribution in [0.15, 0.2) is 0 Å². The standard InChI is InChI=1S/C14H30O9S/c1-17-3-4-18-5-6-19-7-8-20-9-10-21-11-12-22-13-14-23-24(2,15)16/h3-14H2,1-2H3. The first-order valence-electron chi connectivity index (χ1n) is 7.78. The quantitative estimate of drug-likeness (QED) is 0.223. The molecule has 0 aromatic heterocycles. The SMILES string of the molecule is COCCOCCOCCOCCOCCOCCOS(C)(=O)=O. The summed E-state index contributed by atoms with van der Waals surface area (Å²) in [4.78, 5) is 0. The smallest absolute Gasteiger partial charge is 0.264 e. The first-order chi connectivity index (χ1) is 11.6. The largest absolute Gasteiger partial charge is 0.382 e. The molecule has 24 heavy (non-hydrogen) atoms. The van der Waals surface area contributed by atoms with Crippen LogP contribution in [0.1, 0.15) is 0 Å². The molecule has 0 unspecified atom stereocenters. The van der Waals surface area contributed by atoms with E-state index in [-0.39, 0.29) is 13.2 Å². The Morgan fingerprint density at radius 2 is 0.833 bits per heavy atom. The van der Waals surface area contributed by atoms with Gasteiger partial charge < -0.3 is 28.4 Å². The zero-order valence-corrected chi connectivity index (χ0v) is 15.4. The van der Waals surface area contributed by atoms with Crippen LogP contribution in [-0.2, 0) is 42.7 Å². The second-order valence-electron chi connectivity index (χ2n) is 4.58. The normalized spacial score (nSPS) is 11.9. The topological polar surface area (TPSA) is 98.8 Å². The van der Waals surface area contributed by atoms with Gasteiger partial charge in [0.15, 0.2) is 0 Å². The maximum atomic E-state index is 10.7. The maximum Gasteiger partial charge on any atom is 0.264 e. The van der Waals surface area contributed by atoms with Crippen molar-refractivity contribution in [1.29, 1.82) is 0 Å². The average Bonchev–Trinajstić information content (AvgIpc) is 2.52. The van der Waals surface area contributed by atoms with E-state index in [1.165, 1.54) is 0 Å². The van der Waals surface area contributed by atoms with Crippen molar-refractivity contribution >= 4 is 10.1 Å². The summed E-state index contributed by atoms with van der Waals surface area (Å²) in [6, 6.07) is 0. The van der Waals surface area contributed by atoms with Gasteiger partial charge >= 0.3 is 0 Å². The molecule has 0 saturated heterocycles. The fraction of sp³-hybridized carbons (Fsp3) is 1.00. The molecule has 0 bridgehead atoms. The molecule has 0 aliphatic heterocycles. The molecular formula is C14H30O9S. The van der Waals surface area contributed by atoms with Crippen molar-refractivity contribution in [2.75, 3.05) is 92.6 Å². The lowest BCUT2D eigenvalue weighted by atomic mass is 10.7. The zero-order chi connectivity index (χ0) is 17.9. The Labute approximate surface area is 144 Å². The first-order valence-corrected chi connectivity index (χ1v) is 9.60. The van der Waals surface area contributed by atoms with Gasteiger partial charge in [-0.15, -0.1) is 0 Å². The van der Waals surface area contributed by atoms with Crippen LogP contribution in [0.25, 0.3) is 0 Å². The molecule has 0 spiro atoms. The van der Waals surface area contributed by atoms with E-state index in [1.807, 2.05) is 0 Å². The average molecular weight is 374 g/mol. The van der Waals surface area contributed by atoms with E-state index in [2.05, 4.69) is 4.18 Å². The van der Waals surface area contributed by atoms with Gasteiger partial charge in [0.25, 0.3) is 10.1 Å². The van der Waals surface area contributed by atoms with E-state index in [1.54, 1.807) is 7.11 Å². The van der Waals surface area contributed by atoms with Gasteiger partial charge in [-0.2, -0.15) is 8.42 Å². The molecule has 0 aliphatic carbocycles. The van der Waals surface area contributed by atoms with Crippen LogP contribution in [0.3, 0.4) is 0 Å². The summed E-state index contributed by atoms with van der Waals surface area (Å²) in [5.41, 5.74) is 0. The Hall–Kier alpha value is -0.330. The number of ether oxygens (including phenoxy) is 6. The highest BCUT2D eigenvalue weighted by Gasteiger charge is 2.00. The number of rotatable bonds is 19. The number of methoxy groups -OCH3 is 1. The molecule has 0 saturated carbocycles. The minimum atomic E-state index is -3.40. The molecule has 10 heteroatoms. The molecule has 0 aliphatic rings. The molecule has 9 nitrogen and oxygen atoms in total. The molecule has 0 aromatic rings. The van der Waals surface area contributed by atoms with Gasteiger partial charge in [-0.05, 0) is 0 Å². The van der Waals surface area contributed by atoms with Gasteiger partial charge in [0.2, 0.25) is 0 Å². The summed E-state index contributed by atoms with van der Waals surface area (Å²) in [6.07, 6.45) is 0.998. The van der Waals surface area contributed by atoms with Crippen LogP contribution < -0.4 is 0 Å². The number of hydrogen-bond donors (Lipinski definition) is 0. The summed E-state index contributed by atoms with van der Waals surface area (Å²) >= 11 is 0. The van der Waals surface area contributed by atoms with Crippen molar-refractivity contribution in [2.24, 2.45) is 0 Å². The van der Waals surface area contributed by atoms with Crippen LogP contribution >= 0.6 is 0 Å². The third kappa shape index (κ3) is 21.7. The second-order valence-corrected chi connectivity index (χ2v) is 6.22. The highest BCUT2D eigenvalue weighted by Crippen LogP contribution is 1.87. The molecule has 0 fully saturated rings. The van der Waals surface area contributed by atoms with Crippen molar-refractivity contribution in [1.82, 2.24) is 0 Å². The minimum Gasteiger partial charge on any atom is -0.382 e. The highest BCUT2D eigenvalue weighted by molar-refractivity contribution is 7.85. The third-order valence-electron chi connectivity index (χ3n) is 2.44. The summed E-state index contributed by atoms with van der Waals surface area (Å²) < 4.78 is 57.0. The van der Waals surface area contributed by atoms with Crippen molar-refractivity contribution in [3.63, 3.8) is 0 Å². The van der Waals surface area contributed by atoms with Crippen molar-refractivity contribution in [3.05, 3.63) is 0 Å². The van der Waals surface area contributed by atoms with Crippen molar-refractivity contribution < 1.29 is 41.0 Å². The van der Waals surface area contributed by atoms with E-state index in [0.717, 1.165) is 6.26 Å². The molecule has 0 heterocycles. The van der Waals surface area contributed by atoms with Crippen molar-refractivity contribution in [2.45, 2.75) is 0 Å². The predicted molar refractivity (Wildman–Crippen MR) is 86.8 cm³/mol. The molecule has 0 rings (SSSR count). The Morgan fingerprint density at radius 3 is 1.12 bits per heavy atom. The lowest BCUT2D eigenvalue weighted by Crippen LogP contribution is -2.15. The van der Waals surface area contributed by atoms with E-state index in [0.29, 0.717) is 66.1 Å². The Bertz CT molecular complexity index is 348. The minimum absolute atomic E-state index is 0.0133. The lowest BCUT2D eigenvalue weighted by Gasteiger charge is -2.08. The predicted octanol–water partition coefficient (Wildman–Crippen LogP) is -0.308. The van der Waals surface area contributed by atoms with E-state index >= 15 is 0 Å². The maximum absolute atomic E-state index is 10.7. The van der Waals surface area contributed by atoms with Gasteiger partial charge in [-0.1, -0.05) is 0 Å². The molecular weight excluding hydrogens is 344 g/mol. The first kappa shape index (κ1) is 23.7. The number of hydrogen-bond acceptors (Lipinski definition) is 9. The summed E-state index contributed by atoms with van der Waals surface area (Å²) in [7, 11) is -1.77. The lowest BCUT2D eigenvalue weighted by molar-refractivity contribution is -0.0158. The van der Waals surface area contributed by atoms with E-state index in [9.17, 15) is 8.42 Å². The molecule has 0 N–H and O–H groups in total. The second kappa shape index (κ2) is 17.5.